The van der Waals surface area contributed by atoms with E-state index in [9.17, 15) is 35.9 Å². The van der Waals surface area contributed by atoms with Crippen LogP contribution in [-0.4, -0.2) is 44.8 Å². The Morgan fingerprint density at radius 2 is 1.77 bits per heavy atom. The number of rotatable bonds is 4. The lowest BCUT2D eigenvalue weighted by Crippen LogP contribution is -2.40. The zero-order chi connectivity index (χ0) is 28.8. The van der Waals surface area contributed by atoms with E-state index in [4.69, 9.17) is 5.73 Å². The van der Waals surface area contributed by atoms with Gasteiger partial charge in [-0.15, -0.1) is 0 Å². The summed E-state index contributed by atoms with van der Waals surface area (Å²) in [5.74, 6) is -0.938. The van der Waals surface area contributed by atoms with E-state index in [0.29, 0.717) is 58.5 Å². The lowest BCUT2D eigenvalue weighted by atomic mass is 9.97. The molecule has 2 aromatic carbocycles. The zero-order valence-electron chi connectivity index (χ0n) is 20.6. The van der Waals surface area contributed by atoms with Crippen molar-refractivity contribution in [1.82, 2.24) is 14.7 Å². The van der Waals surface area contributed by atoms with E-state index in [-0.39, 0.29) is 23.5 Å². The maximum absolute atomic E-state index is 13.6. The molecule has 0 bridgehead atoms. The number of hydrogen-bond donors (Lipinski definition) is 1. The minimum absolute atomic E-state index is 0.109. The summed E-state index contributed by atoms with van der Waals surface area (Å²) in [5, 5.41) is 5.25. The number of thioether (sulfide) groups is 1. The monoisotopic (exact) mass is 581 g/mol. The largest absolute Gasteiger partial charge is 0.416 e. The quantitative estimate of drug-likeness (QED) is 0.334. The molecule has 0 radical (unpaired) electrons. The third kappa shape index (κ3) is 5.71. The first-order valence-electron chi connectivity index (χ1n) is 12.1. The lowest BCUT2D eigenvalue weighted by molar-refractivity contribution is -0.143. The predicted molar refractivity (Wildman–Crippen MR) is 137 cm³/mol. The number of aromatic nitrogens is 2. The number of fused-ring (bicyclic) bond motifs is 1. The average molecular weight is 582 g/mol. The minimum atomic E-state index is -4.98. The van der Waals surface area contributed by atoms with Crippen LogP contribution < -0.4 is 5.73 Å². The van der Waals surface area contributed by atoms with Crippen LogP contribution >= 0.6 is 11.8 Å². The molecule has 40 heavy (non-hydrogen) atoms. The number of carbonyl (C=O) groups is 2. The summed E-state index contributed by atoms with van der Waals surface area (Å²) in [5.41, 5.74) is 3.37. The van der Waals surface area contributed by atoms with Crippen molar-refractivity contribution in [3.05, 3.63) is 69.8 Å². The second-order valence-electron chi connectivity index (χ2n) is 9.46. The highest BCUT2D eigenvalue weighted by Gasteiger charge is 2.38. The van der Waals surface area contributed by atoms with Crippen LogP contribution in [0.25, 0.3) is 17.0 Å². The highest BCUT2D eigenvalue weighted by molar-refractivity contribution is 8.18. The van der Waals surface area contributed by atoms with Crippen molar-refractivity contribution in [3.63, 3.8) is 0 Å². The van der Waals surface area contributed by atoms with E-state index in [0.717, 1.165) is 6.07 Å². The zero-order valence-corrected chi connectivity index (χ0v) is 21.4. The molecule has 1 fully saturated rings. The fourth-order valence-electron chi connectivity index (χ4n) is 4.68. The lowest BCUT2D eigenvalue weighted by Gasteiger charge is -2.31. The number of halogens is 6. The molecule has 7 nitrogen and oxygen atoms in total. The SMILES string of the molecule is NC(=O)C1CCN(C2=NC(=O)C(=Cc3ccc4c(cnn4Cc4ccc(C(F)(F)F)cc4C(F)(F)F)c3)S2)CC1. The number of likely N-dealkylation sites (tertiary alicyclic amines) is 1. The Morgan fingerprint density at radius 1 is 1.05 bits per heavy atom. The first-order chi connectivity index (χ1) is 18.8. The minimum Gasteiger partial charge on any atom is -0.369 e. The Labute approximate surface area is 227 Å². The molecule has 5 rings (SSSR count). The second-order valence-corrected chi connectivity index (χ2v) is 10.5. The molecule has 2 N–H and O–H groups in total. The Morgan fingerprint density at radius 3 is 2.42 bits per heavy atom. The average Bonchev–Trinajstić information content (AvgIpc) is 3.45. The molecule has 0 spiro atoms. The summed E-state index contributed by atoms with van der Waals surface area (Å²) >= 11 is 1.21. The number of hydrogen-bond acceptors (Lipinski definition) is 5. The van der Waals surface area contributed by atoms with Crippen LogP contribution in [-0.2, 0) is 28.5 Å². The third-order valence-corrected chi connectivity index (χ3v) is 7.85. The van der Waals surface area contributed by atoms with Crippen LogP contribution in [0.1, 0.15) is 35.1 Å². The molecule has 0 saturated carbocycles. The molecule has 2 aliphatic rings. The highest BCUT2D eigenvalue weighted by Crippen LogP contribution is 2.38. The Bertz CT molecular complexity index is 1550. The van der Waals surface area contributed by atoms with Gasteiger partial charge in [-0.05, 0) is 66.1 Å². The number of primary amides is 1. The van der Waals surface area contributed by atoms with Crippen molar-refractivity contribution in [2.75, 3.05) is 13.1 Å². The number of nitrogens with zero attached hydrogens (tertiary/aromatic N) is 4. The fourth-order valence-corrected chi connectivity index (χ4v) is 5.64. The smallest absolute Gasteiger partial charge is 0.369 e. The molecule has 2 aliphatic heterocycles. The van der Waals surface area contributed by atoms with E-state index >= 15 is 0 Å². The number of nitrogens with two attached hydrogens (primary N) is 1. The highest BCUT2D eigenvalue weighted by atomic mass is 32.2. The molecule has 3 aromatic rings. The fraction of sp³-hybridized carbons (Fsp3) is 0.308. The standard InChI is InChI=1S/C26H21F6N5O2S/c27-25(28,29)18-3-2-16(19(11-18)26(30,31)32)13-37-20-4-1-14(9-17(20)12-34-37)10-21-23(39)35-24(40-21)36-7-5-15(6-8-36)22(33)38/h1-4,9-12,15H,5-8,13H2,(H2,33,38). The van der Waals surface area contributed by atoms with E-state index in [1.54, 1.807) is 24.3 Å². The van der Waals surface area contributed by atoms with E-state index in [1.165, 1.54) is 22.6 Å². The number of piperidine rings is 1. The van der Waals surface area contributed by atoms with Crippen molar-refractivity contribution in [3.8, 4) is 0 Å². The normalized spacial score (nSPS) is 18.1. The van der Waals surface area contributed by atoms with Gasteiger partial charge in [-0.1, -0.05) is 12.1 Å². The summed E-state index contributed by atoms with van der Waals surface area (Å²) in [7, 11) is 0. The number of aliphatic imine (C=N–C) groups is 1. The van der Waals surface area contributed by atoms with Crippen molar-refractivity contribution in [2.45, 2.75) is 31.7 Å². The van der Waals surface area contributed by atoms with Crippen LogP contribution in [0.5, 0.6) is 0 Å². The Kier molecular flexibility index (Phi) is 7.15. The molecule has 210 valence electrons. The maximum atomic E-state index is 13.6. The maximum Gasteiger partial charge on any atom is 0.416 e. The van der Waals surface area contributed by atoms with Gasteiger partial charge in [-0.2, -0.15) is 36.4 Å². The summed E-state index contributed by atoms with van der Waals surface area (Å²) in [6.07, 6.45) is -5.64. The summed E-state index contributed by atoms with van der Waals surface area (Å²) in [4.78, 5) is 30.4. The molecule has 0 aliphatic carbocycles. The number of benzene rings is 2. The molecule has 2 amide bonds. The van der Waals surface area contributed by atoms with Gasteiger partial charge in [-0.3, -0.25) is 14.3 Å². The number of alkyl halides is 6. The van der Waals surface area contributed by atoms with Crippen LogP contribution in [0.15, 0.2) is 52.5 Å². The second kappa shape index (κ2) is 10.3. The summed E-state index contributed by atoms with van der Waals surface area (Å²) in [6.45, 7) is 0.717. The van der Waals surface area contributed by atoms with E-state index < -0.39 is 35.9 Å². The van der Waals surface area contributed by atoms with Gasteiger partial charge in [-0.25, -0.2) is 0 Å². The first-order valence-corrected chi connectivity index (χ1v) is 12.9. The van der Waals surface area contributed by atoms with Gasteiger partial charge >= 0.3 is 12.4 Å². The van der Waals surface area contributed by atoms with Gasteiger partial charge < -0.3 is 10.6 Å². The van der Waals surface area contributed by atoms with Crippen LogP contribution in [0.2, 0.25) is 0 Å². The number of amidine groups is 1. The molecule has 14 heteroatoms. The van der Waals surface area contributed by atoms with Crippen LogP contribution in [0.3, 0.4) is 0 Å². The molecule has 0 unspecified atom stereocenters. The Balaban J connectivity index is 1.34. The van der Waals surface area contributed by atoms with Gasteiger partial charge in [0.25, 0.3) is 5.91 Å². The molecular formula is C26H21F6N5O2S. The van der Waals surface area contributed by atoms with E-state index in [2.05, 4.69) is 10.1 Å². The molecular weight excluding hydrogens is 560 g/mol. The van der Waals surface area contributed by atoms with Gasteiger partial charge in [0.05, 0.1) is 34.3 Å². The number of carbonyl (C=O) groups excluding carboxylic acids is 2. The van der Waals surface area contributed by atoms with Gasteiger partial charge in [0.1, 0.15) is 0 Å². The molecule has 1 saturated heterocycles. The van der Waals surface area contributed by atoms with Crippen LogP contribution in [0, 0.1) is 5.92 Å². The van der Waals surface area contributed by atoms with Gasteiger partial charge in [0.2, 0.25) is 5.91 Å². The predicted octanol–water partition coefficient (Wildman–Crippen LogP) is 5.29. The van der Waals surface area contributed by atoms with Crippen molar-refractivity contribution in [1.29, 1.82) is 0 Å². The van der Waals surface area contributed by atoms with Crippen molar-refractivity contribution in [2.24, 2.45) is 16.6 Å². The topological polar surface area (TPSA) is 93.6 Å². The van der Waals surface area contributed by atoms with Gasteiger partial charge in [0.15, 0.2) is 5.17 Å². The van der Waals surface area contributed by atoms with Crippen LogP contribution in [0.4, 0.5) is 26.3 Å². The summed E-state index contributed by atoms with van der Waals surface area (Å²) in [6, 6.07) is 6.52. The molecule has 3 heterocycles. The molecule has 0 atom stereocenters. The van der Waals surface area contributed by atoms with E-state index in [1.807, 2.05) is 4.90 Å². The van der Waals surface area contributed by atoms with Crippen molar-refractivity contribution < 1.29 is 35.9 Å². The van der Waals surface area contributed by atoms with Gasteiger partial charge in [0, 0.05) is 24.4 Å². The first kappa shape index (κ1) is 27.7. The Hall–Kier alpha value is -3.81. The van der Waals surface area contributed by atoms with Crippen molar-refractivity contribution >= 4 is 45.7 Å². The number of amides is 2. The third-order valence-electron chi connectivity index (χ3n) is 6.80. The molecule has 1 aromatic heterocycles. The summed E-state index contributed by atoms with van der Waals surface area (Å²) < 4.78 is 81.0.